The highest BCUT2D eigenvalue weighted by molar-refractivity contribution is 9.10. The summed E-state index contributed by atoms with van der Waals surface area (Å²) in [7, 11) is 0. The van der Waals surface area contributed by atoms with Gasteiger partial charge in [0.2, 0.25) is 0 Å². The number of benzene rings is 3. The third-order valence-electron chi connectivity index (χ3n) is 3.38. The maximum atomic E-state index is 3.58. The van der Waals surface area contributed by atoms with Crippen LogP contribution in [0.15, 0.2) is 58.4 Å². The topological polar surface area (TPSA) is 0 Å². The van der Waals surface area contributed by atoms with Crippen molar-refractivity contribution >= 4 is 58.9 Å². The van der Waals surface area contributed by atoms with Gasteiger partial charge in [0.25, 0.3) is 0 Å². The fraction of sp³-hybridized carbons (Fsp3) is 0. The van der Waals surface area contributed by atoms with Crippen LogP contribution in [0.3, 0.4) is 0 Å². The molecule has 0 aliphatic rings. The van der Waals surface area contributed by atoms with Gasteiger partial charge in [0.05, 0.1) is 0 Å². The Kier molecular flexibility index (Phi) is 2.23. The Balaban J connectivity index is 2.37. The molecule has 1 heterocycles. The third kappa shape index (κ3) is 1.43. The molecule has 0 saturated carbocycles. The van der Waals surface area contributed by atoms with Crippen molar-refractivity contribution in [2.45, 2.75) is 0 Å². The second kappa shape index (κ2) is 3.81. The molecule has 2 heteroatoms. The molecule has 1 aromatic heterocycles. The van der Waals surface area contributed by atoms with Crippen molar-refractivity contribution in [1.29, 1.82) is 0 Å². The first-order valence-corrected chi connectivity index (χ1v) is 7.48. The van der Waals surface area contributed by atoms with Crippen molar-refractivity contribution in [1.82, 2.24) is 0 Å². The van der Waals surface area contributed by atoms with Crippen molar-refractivity contribution < 1.29 is 0 Å². The molecule has 0 aliphatic carbocycles. The van der Waals surface area contributed by atoms with Gasteiger partial charge in [-0.1, -0.05) is 46.3 Å². The van der Waals surface area contributed by atoms with Gasteiger partial charge in [-0.15, -0.1) is 11.3 Å². The molecule has 0 nitrogen and oxygen atoms in total. The summed E-state index contributed by atoms with van der Waals surface area (Å²) >= 11 is 5.40. The van der Waals surface area contributed by atoms with E-state index in [1.807, 2.05) is 11.3 Å². The minimum absolute atomic E-state index is 1.14. The van der Waals surface area contributed by atoms with Crippen LogP contribution in [0.25, 0.3) is 31.6 Å². The van der Waals surface area contributed by atoms with Crippen LogP contribution in [0, 0.1) is 0 Å². The van der Waals surface area contributed by atoms with Crippen molar-refractivity contribution in [3.8, 4) is 0 Å². The van der Waals surface area contributed by atoms with E-state index in [0.29, 0.717) is 0 Å². The average Bonchev–Trinajstić information content (AvgIpc) is 2.86. The quantitative estimate of drug-likeness (QED) is 0.351. The highest BCUT2D eigenvalue weighted by Crippen LogP contribution is 2.35. The van der Waals surface area contributed by atoms with Crippen LogP contribution in [0.1, 0.15) is 0 Å². The van der Waals surface area contributed by atoms with Crippen molar-refractivity contribution in [3.05, 3.63) is 58.4 Å². The van der Waals surface area contributed by atoms with Crippen LogP contribution >= 0.6 is 27.3 Å². The van der Waals surface area contributed by atoms with Gasteiger partial charge in [-0.05, 0) is 45.1 Å². The fourth-order valence-electron chi connectivity index (χ4n) is 2.53. The third-order valence-corrected chi connectivity index (χ3v) is 4.82. The molecule has 3 aromatic carbocycles. The smallest absolute Gasteiger partial charge is 0.0427 e. The monoisotopic (exact) mass is 312 g/mol. The summed E-state index contributed by atoms with van der Waals surface area (Å²) in [5.74, 6) is 0. The van der Waals surface area contributed by atoms with E-state index in [9.17, 15) is 0 Å². The van der Waals surface area contributed by atoms with Crippen LogP contribution in [-0.2, 0) is 0 Å². The molecular weight excluding hydrogens is 304 g/mol. The number of rotatable bonds is 0. The van der Waals surface area contributed by atoms with E-state index in [0.717, 1.165) is 4.47 Å². The molecule has 0 amide bonds. The first-order chi connectivity index (χ1) is 8.83. The van der Waals surface area contributed by atoms with Crippen molar-refractivity contribution in [2.75, 3.05) is 0 Å². The maximum Gasteiger partial charge on any atom is 0.0427 e. The van der Waals surface area contributed by atoms with E-state index in [-0.39, 0.29) is 0 Å². The highest BCUT2D eigenvalue weighted by atomic mass is 79.9. The summed E-state index contributed by atoms with van der Waals surface area (Å²) in [5, 5.41) is 8.82. The summed E-state index contributed by atoms with van der Waals surface area (Å²) < 4.78 is 2.52. The number of thiophene rings is 1. The normalized spacial score (nSPS) is 11.6. The summed E-state index contributed by atoms with van der Waals surface area (Å²) in [4.78, 5) is 0. The molecule has 0 aliphatic heterocycles. The SMILES string of the molecule is Brc1ccc2ccc3ccc4ccsc4c3c2c1. The molecule has 0 spiro atoms. The Hall–Kier alpha value is -1.38. The lowest BCUT2D eigenvalue weighted by atomic mass is 10.0. The molecule has 0 unspecified atom stereocenters. The Labute approximate surface area is 117 Å². The standard InChI is InChI=1S/C16H9BrS/c17-13-6-5-10-1-2-11-3-4-12-7-8-18-16(12)15(11)14(10)9-13/h1-9H. The van der Waals surface area contributed by atoms with Gasteiger partial charge in [0.15, 0.2) is 0 Å². The van der Waals surface area contributed by atoms with Crippen molar-refractivity contribution in [2.24, 2.45) is 0 Å². The number of hydrogen-bond donors (Lipinski definition) is 0. The zero-order valence-corrected chi connectivity index (χ0v) is 11.9. The second-order valence-electron chi connectivity index (χ2n) is 4.43. The van der Waals surface area contributed by atoms with E-state index < -0.39 is 0 Å². The Morgan fingerprint density at radius 3 is 2.39 bits per heavy atom. The molecule has 0 N–H and O–H groups in total. The molecule has 0 radical (unpaired) electrons. The van der Waals surface area contributed by atoms with Crippen LogP contribution < -0.4 is 0 Å². The maximum absolute atomic E-state index is 3.58. The molecule has 0 atom stereocenters. The van der Waals surface area contributed by atoms with E-state index in [1.165, 1.54) is 31.6 Å². The van der Waals surface area contributed by atoms with Crippen LogP contribution in [0.5, 0.6) is 0 Å². The van der Waals surface area contributed by atoms with Crippen LogP contribution in [0.2, 0.25) is 0 Å². The zero-order chi connectivity index (χ0) is 12.1. The van der Waals surface area contributed by atoms with Gasteiger partial charge in [-0.3, -0.25) is 0 Å². The molecule has 0 saturated heterocycles. The number of hydrogen-bond acceptors (Lipinski definition) is 1. The van der Waals surface area contributed by atoms with E-state index >= 15 is 0 Å². The van der Waals surface area contributed by atoms with Gasteiger partial charge in [0.1, 0.15) is 0 Å². The lowest BCUT2D eigenvalue weighted by molar-refractivity contribution is 1.74. The summed E-state index contributed by atoms with van der Waals surface area (Å²) in [6, 6.07) is 17.5. The summed E-state index contributed by atoms with van der Waals surface area (Å²) in [6.45, 7) is 0. The lowest BCUT2D eigenvalue weighted by Gasteiger charge is -2.06. The predicted octanol–water partition coefficient (Wildman–Crippen LogP) is 5.97. The number of halogens is 1. The van der Waals surface area contributed by atoms with E-state index in [2.05, 4.69) is 69.8 Å². The largest absolute Gasteiger partial charge is 0.143 e. The lowest BCUT2D eigenvalue weighted by Crippen LogP contribution is -1.78. The van der Waals surface area contributed by atoms with Crippen LogP contribution in [-0.4, -0.2) is 0 Å². The zero-order valence-electron chi connectivity index (χ0n) is 9.48. The summed E-state index contributed by atoms with van der Waals surface area (Å²) in [5.41, 5.74) is 0. The minimum Gasteiger partial charge on any atom is -0.143 e. The molecule has 86 valence electrons. The van der Waals surface area contributed by atoms with Gasteiger partial charge >= 0.3 is 0 Å². The predicted molar refractivity (Wildman–Crippen MR) is 84.5 cm³/mol. The van der Waals surface area contributed by atoms with Gasteiger partial charge in [0, 0.05) is 14.6 Å². The summed E-state index contributed by atoms with van der Waals surface area (Å²) in [6.07, 6.45) is 0. The van der Waals surface area contributed by atoms with Gasteiger partial charge in [-0.25, -0.2) is 0 Å². The minimum atomic E-state index is 1.14. The van der Waals surface area contributed by atoms with E-state index in [1.54, 1.807) is 0 Å². The van der Waals surface area contributed by atoms with Crippen molar-refractivity contribution in [3.63, 3.8) is 0 Å². The fourth-order valence-corrected chi connectivity index (χ4v) is 3.86. The second-order valence-corrected chi connectivity index (χ2v) is 6.27. The Bertz CT molecular complexity index is 889. The van der Waals surface area contributed by atoms with Gasteiger partial charge in [-0.2, -0.15) is 0 Å². The molecule has 0 fully saturated rings. The average molecular weight is 313 g/mol. The van der Waals surface area contributed by atoms with Crippen LogP contribution in [0.4, 0.5) is 0 Å². The molecule has 0 bridgehead atoms. The van der Waals surface area contributed by atoms with Gasteiger partial charge < -0.3 is 0 Å². The van der Waals surface area contributed by atoms with E-state index in [4.69, 9.17) is 0 Å². The Morgan fingerprint density at radius 2 is 1.50 bits per heavy atom. The molecule has 4 rings (SSSR count). The first-order valence-electron chi connectivity index (χ1n) is 5.81. The molecular formula is C16H9BrS. The first kappa shape index (κ1) is 10.5. The molecule has 4 aromatic rings. The highest BCUT2D eigenvalue weighted by Gasteiger charge is 2.06. The molecule has 18 heavy (non-hydrogen) atoms. The number of fused-ring (bicyclic) bond motifs is 5. The Morgan fingerprint density at radius 1 is 0.778 bits per heavy atom.